The molecule has 0 aliphatic carbocycles. The Bertz CT molecular complexity index is 1090. The zero-order valence-corrected chi connectivity index (χ0v) is 22.4. The van der Waals surface area contributed by atoms with Gasteiger partial charge in [0.2, 0.25) is 0 Å². The van der Waals surface area contributed by atoms with Gasteiger partial charge in [0, 0.05) is 31.5 Å². The van der Waals surface area contributed by atoms with E-state index < -0.39 is 17.5 Å². The zero-order valence-electron chi connectivity index (χ0n) is 21.6. The molecule has 1 aliphatic rings. The minimum absolute atomic E-state index is 0.112. The van der Waals surface area contributed by atoms with Crippen molar-refractivity contribution in [2.45, 2.75) is 70.3 Å². The summed E-state index contributed by atoms with van der Waals surface area (Å²) in [6.07, 6.45) is 3.18. The lowest BCUT2D eigenvalue weighted by Gasteiger charge is -2.27. The smallest absolute Gasteiger partial charge is 0.410 e. The van der Waals surface area contributed by atoms with Crippen molar-refractivity contribution >= 4 is 29.6 Å². The quantitative estimate of drug-likeness (QED) is 0.338. The summed E-state index contributed by atoms with van der Waals surface area (Å²) in [5.41, 5.74) is 5.16. The van der Waals surface area contributed by atoms with Crippen molar-refractivity contribution in [2.24, 2.45) is 0 Å². The van der Waals surface area contributed by atoms with Crippen LogP contribution >= 0.6 is 11.8 Å². The number of esters is 1. The number of hydrogen-bond donors (Lipinski definition) is 1. The summed E-state index contributed by atoms with van der Waals surface area (Å²) in [5, 5.41) is 0. The number of hydrogen-bond acceptors (Lipinski definition) is 9. The van der Waals surface area contributed by atoms with Gasteiger partial charge >= 0.3 is 17.8 Å². The maximum absolute atomic E-state index is 12.7. The number of rotatable bonds is 11. The van der Waals surface area contributed by atoms with Crippen LogP contribution in [-0.2, 0) is 25.5 Å². The van der Waals surface area contributed by atoms with Crippen molar-refractivity contribution in [3.8, 4) is 0 Å². The predicted molar refractivity (Wildman–Crippen MR) is 142 cm³/mol. The molecule has 1 amide bonds. The van der Waals surface area contributed by atoms with Crippen LogP contribution in [0.3, 0.4) is 0 Å². The molecule has 10 nitrogen and oxygen atoms in total. The first-order valence-corrected chi connectivity index (χ1v) is 13.4. The van der Waals surface area contributed by atoms with Crippen molar-refractivity contribution in [1.29, 1.82) is 0 Å². The van der Waals surface area contributed by atoms with Crippen LogP contribution in [0.5, 0.6) is 0 Å². The van der Waals surface area contributed by atoms with Crippen LogP contribution in [-0.4, -0.2) is 56.5 Å². The fourth-order valence-corrected chi connectivity index (χ4v) is 4.66. The molecule has 1 aromatic heterocycles. The number of nitrogens with zero attached hydrogens (tertiary/aromatic N) is 3. The van der Waals surface area contributed by atoms with E-state index in [1.165, 1.54) is 22.4 Å². The Morgan fingerprint density at radius 3 is 2.65 bits per heavy atom. The Hall–Kier alpha value is -3.05. The van der Waals surface area contributed by atoms with E-state index in [0.717, 1.165) is 18.4 Å². The van der Waals surface area contributed by atoms with Gasteiger partial charge in [0.1, 0.15) is 29.7 Å². The Labute approximate surface area is 221 Å². The number of nitrogens with two attached hydrogens (primary N) is 1. The monoisotopic (exact) mass is 532 g/mol. The standard InChI is InChI=1S/C26H36N4O6S/c1-26(2,3)36-25(33)29(16-19-10-6-4-7-11-19)14-9-5-8-12-22(31)34-17-23-35-21(18-37-23)30-15-13-20(27)28-24(30)32/h4,6-7,10-11,13,15,21,23H,5,8-9,12,14,16-18H2,1-3H3,(H2,27,28,32). The van der Waals surface area contributed by atoms with Gasteiger partial charge in [0.05, 0.1) is 0 Å². The van der Waals surface area contributed by atoms with Crippen molar-refractivity contribution in [2.75, 3.05) is 24.6 Å². The summed E-state index contributed by atoms with van der Waals surface area (Å²) in [6.45, 7) is 6.66. The first-order chi connectivity index (χ1) is 17.6. The van der Waals surface area contributed by atoms with Crippen molar-refractivity contribution in [3.63, 3.8) is 0 Å². The number of thioether (sulfide) groups is 1. The lowest BCUT2D eigenvalue weighted by molar-refractivity contribution is -0.147. The van der Waals surface area contributed by atoms with Crippen LogP contribution < -0.4 is 11.4 Å². The maximum atomic E-state index is 12.7. The number of ether oxygens (including phenoxy) is 3. The molecule has 0 spiro atoms. The molecular formula is C26H36N4O6S. The second kappa shape index (κ2) is 13.5. The zero-order chi connectivity index (χ0) is 26.8. The molecule has 2 heterocycles. The van der Waals surface area contributed by atoms with Gasteiger partial charge < -0.3 is 24.8 Å². The summed E-state index contributed by atoms with van der Waals surface area (Å²) in [5.74, 6) is 0.406. The molecule has 202 valence electrons. The Kier molecular flexibility index (Phi) is 10.4. The average molecular weight is 533 g/mol. The van der Waals surface area contributed by atoms with Crippen molar-refractivity contribution in [3.05, 3.63) is 58.6 Å². The molecule has 3 rings (SSSR count). The van der Waals surface area contributed by atoms with E-state index in [0.29, 0.717) is 25.3 Å². The van der Waals surface area contributed by atoms with Crippen LogP contribution in [0, 0.1) is 0 Å². The van der Waals surface area contributed by atoms with E-state index in [-0.39, 0.29) is 36.3 Å². The molecule has 1 saturated heterocycles. The average Bonchev–Trinajstić information content (AvgIpc) is 3.30. The second-order valence-corrected chi connectivity index (χ2v) is 11.0. The molecule has 2 aromatic rings. The van der Waals surface area contributed by atoms with Gasteiger partial charge in [0.15, 0.2) is 0 Å². The SMILES string of the molecule is CC(C)(C)OC(=O)N(CCCCCC(=O)OCC1OC(n2ccc(N)nc2=O)CS1)Cc1ccccc1. The number of nitrogen functional groups attached to an aromatic ring is 1. The number of anilines is 1. The molecule has 0 bridgehead atoms. The lowest BCUT2D eigenvalue weighted by atomic mass is 10.1. The molecule has 2 unspecified atom stereocenters. The third-order valence-electron chi connectivity index (χ3n) is 5.45. The van der Waals surface area contributed by atoms with Crippen LogP contribution in [0.1, 0.15) is 58.2 Å². The number of amides is 1. The number of carbonyl (C=O) groups is 2. The van der Waals surface area contributed by atoms with Crippen LogP contribution in [0.15, 0.2) is 47.4 Å². The van der Waals surface area contributed by atoms with E-state index in [1.54, 1.807) is 11.1 Å². The van der Waals surface area contributed by atoms with E-state index in [4.69, 9.17) is 19.9 Å². The summed E-state index contributed by atoms with van der Waals surface area (Å²) in [7, 11) is 0. The van der Waals surface area contributed by atoms with Gasteiger partial charge in [-0.05, 0) is 45.2 Å². The molecule has 0 radical (unpaired) electrons. The van der Waals surface area contributed by atoms with Crippen molar-refractivity contribution in [1.82, 2.24) is 14.5 Å². The molecule has 37 heavy (non-hydrogen) atoms. The van der Waals surface area contributed by atoms with Gasteiger partial charge in [-0.3, -0.25) is 9.36 Å². The third-order valence-corrected chi connectivity index (χ3v) is 6.55. The highest BCUT2D eigenvalue weighted by atomic mass is 32.2. The van der Waals surface area contributed by atoms with Gasteiger partial charge in [-0.2, -0.15) is 4.98 Å². The minimum atomic E-state index is -0.570. The van der Waals surface area contributed by atoms with Crippen LogP contribution in [0.4, 0.5) is 10.6 Å². The third kappa shape index (κ3) is 9.73. The number of unbranched alkanes of at least 4 members (excludes halogenated alkanes) is 2. The summed E-state index contributed by atoms with van der Waals surface area (Å²) in [4.78, 5) is 42.3. The van der Waals surface area contributed by atoms with E-state index >= 15 is 0 Å². The molecule has 0 saturated carbocycles. The summed E-state index contributed by atoms with van der Waals surface area (Å²) < 4.78 is 18.1. The van der Waals surface area contributed by atoms with E-state index in [9.17, 15) is 14.4 Å². The first-order valence-electron chi connectivity index (χ1n) is 12.4. The highest BCUT2D eigenvalue weighted by molar-refractivity contribution is 8.00. The van der Waals surface area contributed by atoms with E-state index in [2.05, 4.69) is 4.98 Å². The molecule has 1 fully saturated rings. The molecule has 2 atom stereocenters. The van der Waals surface area contributed by atoms with Gasteiger partial charge in [-0.1, -0.05) is 36.8 Å². The van der Waals surface area contributed by atoms with Crippen molar-refractivity contribution < 1.29 is 23.8 Å². The number of carbonyl (C=O) groups excluding carboxylic acids is 2. The summed E-state index contributed by atoms with van der Waals surface area (Å²) in [6, 6.07) is 11.3. The van der Waals surface area contributed by atoms with Crippen LogP contribution in [0.2, 0.25) is 0 Å². The number of aromatic nitrogens is 2. The fourth-order valence-electron chi connectivity index (χ4n) is 3.67. The largest absolute Gasteiger partial charge is 0.462 e. The Morgan fingerprint density at radius 2 is 1.95 bits per heavy atom. The maximum Gasteiger partial charge on any atom is 0.410 e. The summed E-state index contributed by atoms with van der Waals surface area (Å²) >= 11 is 1.47. The van der Waals surface area contributed by atoms with E-state index in [1.807, 2.05) is 51.1 Å². The van der Waals surface area contributed by atoms with Gasteiger partial charge in [-0.25, -0.2) is 9.59 Å². The highest BCUT2D eigenvalue weighted by Gasteiger charge is 2.29. The molecule has 1 aromatic carbocycles. The lowest BCUT2D eigenvalue weighted by Crippen LogP contribution is -2.37. The molecule has 11 heteroatoms. The second-order valence-electron chi connectivity index (χ2n) is 9.78. The fraction of sp³-hybridized carbons (Fsp3) is 0.538. The highest BCUT2D eigenvalue weighted by Crippen LogP contribution is 2.31. The topological polar surface area (TPSA) is 126 Å². The minimum Gasteiger partial charge on any atom is -0.462 e. The Morgan fingerprint density at radius 1 is 1.19 bits per heavy atom. The first kappa shape index (κ1) is 28.5. The van der Waals surface area contributed by atoms with Gasteiger partial charge in [0.25, 0.3) is 0 Å². The normalized spacial score (nSPS) is 17.4. The Balaban J connectivity index is 1.35. The van der Waals surface area contributed by atoms with Gasteiger partial charge in [-0.15, -0.1) is 11.8 Å². The molecular weight excluding hydrogens is 496 g/mol. The predicted octanol–water partition coefficient (Wildman–Crippen LogP) is 3.95. The molecule has 1 aliphatic heterocycles. The molecule has 2 N–H and O–H groups in total. The van der Waals surface area contributed by atoms with Crippen LogP contribution in [0.25, 0.3) is 0 Å². The number of benzene rings is 1.